The van der Waals surface area contributed by atoms with Crippen molar-refractivity contribution in [2.75, 3.05) is 51.5 Å². The number of ether oxygens (including phenoxy) is 1. The summed E-state index contributed by atoms with van der Waals surface area (Å²) >= 11 is 1.58. The summed E-state index contributed by atoms with van der Waals surface area (Å²) in [6.07, 6.45) is 0. The predicted octanol–water partition coefficient (Wildman–Crippen LogP) is 4.70. The maximum absolute atomic E-state index is 13.8. The highest BCUT2D eigenvalue weighted by atomic mass is 32.2. The fraction of sp³-hybridized carbons (Fsp3) is 0.281. The van der Waals surface area contributed by atoms with E-state index >= 15 is 0 Å². The fourth-order valence-corrected chi connectivity index (χ4v) is 6.27. The van der Waals surface area contributed by atoms with E-state index in [1.807, 2.05) is 85.7 Å². The van der Waals surface area contributed by atoms with Gasteiger partial charge in [0, 0.05) is 24.2 Å². The normalized spacial score (nSPS) is 15.0. The molecule has 0 fully saturated rings. The zero-order valence-electron chi connectivity index (χ0n) is 23.8. The Morgan fingerprint density at radius 3 is 2.44 bits per heavy atom. The molecule has 0 saturated heterocycles. The van der Waals surface area contributed by atoms with Crippen molar-refractivity contribution in [3.8, 4) is 22.7 Å². The SMILES string of the molecule is COc1ccc(-n2nc(-c3ccccc3)c3c2N(CC(=O)NCCN(C)C)C(=O)CS[C@@H]3c2ccccc2C)cc1. The number of aromatic nitrogens is 2. The number of carbonyl (C=O) groups is 2. The van der Waals surface area contributed by atoms with E-state index in [2.05, 4.69) is 24.4 Å². The van der Waals surface area contributed by atoms with Crippen molar-refractivity contribution in [3.63, 3.8) is 0 Å². The van der Waals surface area contributed by atoms with Gasteiger partial charge >= 0.3 is 0 Å². The lowest BCUT2D eigenvalue weighted by atomic mass is 9.97. The van der Waals surface area contributed by atoms with E-state index in [-0.39, 0.29) is 29.4 Å². The summed E-state index contributed by atoms with van der Waals surface area (Å²) in [4.78, 5) is 30.6. The zero-order valence-corrected chi connectivity index (χ0v) is 24.6. The number of hydrogen-bond acceptors (Lipinski definition) is 6. The fourth-order valence-electron chi connectivity index (χ4n) is 4.98. The molecule has 0 radical (unpaired) electrons. The Bertz CT molecular complexity index is 1520. The Balaban J connectivity index is 1.73. The van der Waals surface area contributed by atoms with Gasteiger partial charge in [0.2, 0.25) is 11.8 Å². The van der Waals surface area contributed by atoms with Gasteiger partial charge in [0.1, 0.15) is 18.1 Å². The van der Waals surface area contributed by atoms with Crippen LogP contribution in [0.25, 0.3) is 16.9 Å². The minimum absolute atomic E-state index is 0.101. The zero-order chi connectivity index (χ0) is 28.9. The van der Waals surface area contributed by atoms with Gasteiger partial charge in [-0.15, -0.1) is 11.8 Å². The van der Waals surface area contributed by atoms with E-state index in [0.29, 0.717) is 18.9 Å². The van der Waals surface area contributed by atoms with Crippen molar-refractivity contribution in [3.05, 3.63) is 95.6 Å². The third-order valence-corrected chi connectivity index (χ3v) is 8.34. The number of aryl methyl sites for hydroxylation is 1. The van der Waals surface area contributed by atoms with Crippen molar-refractivity contribution in [2.45, 2.75) is 12.2 Å². The van der Waals surface area contributed by atoms with Crippen LogP contribution in [-0.2, 0) is 9.59 Å². The molecule has 1 aliphatic heterocycles. The average molecular weight is 570 g/mol. The van der Waals surface area contributed by atoms with Gasteiger partial charge in [0.15, 0.2) is 0 Å². The lowest BCUT2D eigenvalue weighted by molar-refractivity contribution is -0.122. The lowest BCUT2D eigenvalue weighted by Crippen LogP contribution is -2.43. The average Bonchev–Trinajstić information content (AvgIpc) is 3.31. The minimum atomic E-state index is -0.214. The van der Waals surface area contributed by atoms with E-state index in [4.69, 9.17) is 9.84 Å². The van der Waals surface area contributed by atoms with Crippen LogP contribution in [0.2, 0.25) is 0 Å². The molecule has 2 amide bonds. The standard InChI is InChI=1S/C32H35N5O3S/c1-22-10-8-9-13-26(22)31-29-30(23-11-6-5-7-12-23)34-37(24-14-16-25(40-4)17-15-24)32(29)36(28(39)21-41-31)20-27(38)33-18-19-35(2)3/h5-17,31H,18-21H2,1-4H3,(H,33,38)/t31-/m1/s1. The first kappa shape index (κ1) is 28.4. The molecule has 5 rings (SSSR count). The van der Waals surface area contributed by atoms with Gasteiger partial charge in [0.25, 0.3) is 0 Å². The number of carbonyl (C=O) groups excluding carboxylic acids is 2. The minimum Gasteiger partial charge on any atom is -0.497 e. The monoisotopic (exact) mass is 569 g/mol. The number of hydrogen-bond donors (Lipinski definition) is 1. The van der Waals surface area contributed by atoms with Crippen LogP contribution >= 0.6 is 11.8 Å². The molecule has 0 aliphatic carbocycles. The topological polar surface area (TPSA) is 79.7 Å². The van der Waals surface area contributed by atoms with Crippen LogP contribution in [0.15, 0.2) is 78.9 Å². The van der Waals surface area contributed by atoms with E-state index in [1.165, 1.54) is 0 Å². The van der Waals surface area contributed by atoms with Gasteiger partial charge in [0.05, 0.1) is 29.5 Å². The van der Waals surface area contributed by atoms with E-state index in [1.54, 1.807) is 28.5 Å². The number of anilines is 1. The van der Waals surface area contributed by atoms with E-state index in [9.17, 15) is 9.59 Å². The molecule has 1 N–H and O–H groups in total. The number of benzene rings is 3. The summed E-state index contributed by atoms with van der Waals surface area (Å²) in [6.45, 7) is 3.19. The molecule has 41 heavy (non-hydrogen) atoms. The van der Waals surface area contributed by atoms with Gasteiger partial charge in [-0.05, 0) is 56.4 Å². The predicted molar refractivity (Wildman–Crippen MR) is 165 cm³/mol. The van der Waals surface area contributed by atoms with Crippen molar-refractivity contribution in [2.24, 2.45) is 0 Å². The smallest absolute Gasteiger partial charge is 0.240 e. The Hall–Kier alpha value is -4.08. The van der Waals surface area contributed by atoms with Crippen LogP contribution in [0.3, 0.4) is 0 Å². The third-order valence-electron chi connectivity index (χ3n) is 7.11. The number of rotatable bonds is 9. The summed E-state index contributed by atoms with van der Waals surface area (Å²) in [5, 5.41) is 7.95. The maximum atomic E-state index is 13.8. The molecule has 1 aromatic heterocycles. The van der Waals surface area contributed by atoms with Gasteiger partial charge in [-0.2, -0.15) is 5.10 Å². The largest absolute Gasteiger partial charge is 0.497 e. The van der Waals surface area contributed by atoms with Crippen LogP contribution in [0.5, 0.6) is 5.75 Å². The third kappa shape index (κ3) is 6.16. The van der Waals surface area contributed by atoms with Gasteiger partial charge < -0.3 is 15.0 Å². The van der Waals surface area contributed by atoms with Crippen molar-refractivity contribution < 1.29 is 14.3 Å². The first-order valence-corrected chi connectivity index (χ1v) is 14.6. The highest BCUT2D eigenvalue weighted by Gasteiger charge is 2.38. The molecule has 0 spiro atoms. The number of methoxy groups -OCH3 is 1. The van der Waals surface area contributed by atoms with Crippen LogP contribution in [0.1, 0.15) is 21.9 Å². The summed E-state index contributed by atoms with van der Waals surface area (Å²) in [5.74, 6) is 1.21. The van der Waals surface area contributed by atoms with Gasteiger partial charge in [-0.1, -0.05) is 54.6 Å². The molecule has 0 bridgehead atoms. The summed E-state index contributed by atoms with van der Waals surface area (Å²) in [7, 11) is 5.54. The highest BCUT2D eigenvalue weighted by Crippen LogP contribution is 2.49. The lowest BCUT2D eigenvalue weighted by Gasteiger charge is -2.23. The Kier molecular flexibility index (Phi) is 8.75. The first-order chi connectivity index (χ1) is 19.9. The molecule has 1 atom stereocenters. The van der Waals surface area contributed by atoms with Crippen molar-refractivity contribution in [1.29, 1.82) is 0 Å². The first-order valence-electron chi connectivity index (χ1n) is 13.6. The Labute approximate surface area is 245 Å². The number of likely N-dealkylation sites (N-methyl/N-ethyl adjacent to an activating group) is 1. The second-order valence-corrected chi connectivity index (χ2v) is 11.3. The van der Waals surface area contributed by atoms with Crippen LogP contribution in [0.4, 0.5) is 5.82 Å². The molecular weight excluding hydrogens is 534 g/mol. The van der Waals surface area contributed by atoms with Gasteiger partial charge in [-0.25, -0.2) is 4.68 Å². The molecule has 9 heteroatoms. The van der Waals surface area contributed by atoms with E-state index < -0.39 is 0 Å². The van der Waals surface area contributed by atoms with Crippen LogP contribution < -0.4 is 15.0 Å². The molecular formula is C32H35N5O3S. The maximum Gasteiger partial charge on any atom is 0.240 e. The van der Waals surface area contributed by atoms with Crippen molar-refractivity contribution in [1.82, 2.24) is 20.0 Å². The van der Waals surface area contributed by atoms with Crippen molar-refractivity contribution >= 4 is 29.4 Å². The number of nitrogens with zero attached hydrogens (tertiary/aromatic N) is 4. The number of thioether (sulfide) groups is 1. The summed E-state index contributed by atoms with van der Waals surface area (Å²) in [5.41, 5.74) is 5.67. The summed E-state index contributed by atoms with van der Waals surface area (Å²) in [6, 6.07) is 25.9. The molecule has 0 unspecified atom stereocenters. The molecule has 0 saturated carbocycles. The van der Waals surface area contributed by atoms with Crippen LogP contribution in [0, 0.1) is 6.92 Å². The van der Waals surface area contributed by atoms with E-state index in [0.717, 1.165) is 39.4 Å². The second-order valence-electron chi connectivity index (χ2n) is 10.2. The van der Waals surface area contributed by atoms with Gasteiger partial charge in [-0.3, -0.25) is 14.5 Å². The second kappa shape index (κ2) is 12.6. The Morgan fingerprint density at radius 2 is 1.76 bits per heavy atom. The molecule has 4 aromatic rings. The number of nitrogens with one attached hydrogen (secondary N) is 1. The number of fused-ring (bicyclic) bond motifs is 1. The quantitative estimate of drug-likeness (QED) is 0.315. The highest BCUT2D eigenvalue weighted by molar-refractivity contribution is 8.00. The molecule has 3 aromatic carbocycles. The van der Waals surface area contributed by atoms with Crippen LogP contribution in [-0.4, -0.2) is 73.1 Å². The molecule has 212 valence electrons. The molecule has 1 aliphatic rings. The Morgan fingerprint density at radius 1 is 1.05 bits per heavy atom. The number of amides is 2. The summed E-state index contributed by atoms with van der Waals surface area (Å²) < 4.78 is 7.20. The molecule has 2 heterocycles. The molecule has 8 nitrogen and oxygen atoms in total.